The number of fused-ring (bicyclic) bond motifs is 1. The van der Waals surface area contributed by atoms with Crippen LogP contribution in [0.3, 0.4) is 0 Å². The molecule has 0 N–H and O–H groups in total. The summed E-state index contributed by atoms with van der Waals surface area (Å²) in [5.74, 6) is -2.59. The molecule has 0 saturated carbocycles. The van der Waals surface area contributed by atoms with Crippen molar-refractivity contribution in [1.82, 2.24) is 14.3 Å². The summed E-state index contributed by atoms with van der Waals surface area (Å²) in [4.78, 5) is 24.0. The summed E-state index contributed by atoms with van der Waals surface area (Å²) in [6.07, 6.45) is 2.20. The highest BCUT2D eigenvalue weighted by Crippen LogP contribution is 2.34. The summed E-state index contributed by atoms with van der Waals surface area (Å²) in [6.45, 7) is 4.38. The second-order valence-electron chi connectivity index (χ2n) is 9.40. The van der Waals surface area contributed by atoms with Crippen LogP contribution >= 0.6 is 11.3 Å². The molecule has 1 saturated heterocycles. The first-order valence-electron chi connectivity index (χ1n) is 12.2. The number of rotatable bonds is 6. The minimum atomic E-state index is -4.16. The van der Waals surface area contributed by atoms with Crippen LogP contribution in [0.2, 0.25) is 0 Å². The van der Waals surface area contributed by atoms with E-state index in [2.05, 4.69) is 11.1 Å². The van der Waals surface area contributed by atoms with Crippen molar-refractivity contribution < 1.29 is 22.0 Å². The highest BCUT2D eigenvalue weighted by Gasteiger charge is 2.36. The van der Waals surface area contributed by atoms with Gasteiger partial charge in [0.2, 0.25) is 15.9 Å². The zero-order chi connectivity index (χ0) is 27.0. The van der Waals surface area contributed by atoms with Gasteiger partial charge in [0.1, 0.15) is 16.5 Å². The number of sulfonamides is 1. The van der Waals surface area contributed by atoms with Crippen LogP contribution in [-0.2, 0) is 21.4 Å². The third-order valence-corrected chi connectivity index (χ3v) is 9.82. The molecular weight excluding hydrogens is 530 g/mol. The van der Waals surface area contributed by atoms with Crippen molar-refractivity contribution in [1.29, 1.82) is 0 Å². The van der Waals surface area contributed by atoms with Crippen molar-refractivity contribution in [2.45, 2.75) is 38.1 Å². The van der Waals surface area contributed by atoms with E-state index < -0.39 is 32.5 Å². The fourth-order valence-corrected chi connectivity index (χ4v) is 7.13. The summed E-state index contributed by atoms with van der Waals surface area (Å²) in [6, 6.07) is 12.0. The van der Waals surface area contributed by atoms with Gasteiger partial charge in [-0.15, -0.1) is 0 Å². The van der Waals surface area contributed by atoms with E-state index in [0.717, 1.165) is 37.8 Å². The van der Waals surface area contributed by atoms with E-state index >= 15 is 0 Å². The van der Waals surface area contributed by atoms with Gasteiger partial charge in [-0.2, -0.15) is 4.31 Å². The Hall–Kier alpha value is -3.28. The number of anilines is 1. The number of halogens is 2. The molecule has 0 spiro atoms. The van der Waals surface area contributed by atoms with E-state index in [1.165, 1.54) is 11.3 Å². The summed E-state index contributed by atoms with van der Waals surface area (Å²) < 4.78 is 55.6. The van der Waals surface area contributed by atoms with Gasteiger partial charge in [-0.25, -0.2) is 22.2 Å². The van der Waals surface area contributed by atoms with Crippen molar-refractivity contribution in [2.75, 3.05) is 18.0 Å². The van der Waals surface area contributed by atoms with Crippen molar-refractivity contribution in [3.8, 4) is 0 Å². The van der Waals surface area contributed by atoms with Gasteiger partial charge < -0.3 is 0 Å². The fourth-order valence-electron chi connectivity index (χ4n) is 4.56. The predicted molar refractivity (Wildman–Crippen MR) is 142 cm³/mol. The van der Waals surface area contributed by atoms with Gasteiger partial charge in [-0.05, 0) is 74.2 Å². The largest absolute Gasteiger partial charge is 0.282 e. The Labute approximate surface area is 223 Å². The molecule has 3 heterocycles. The molecule has 1 fully saturated rings. The van der Waals surface area contributed by atoms with Crippen LogP contribution in [0, 0.1) is 31.4 Å². The van der Waals surface area contributed by atoms with Gasteiger partial charge in [-0.1, -0.05) is 17.4 Å². The number of amides is 1. The van der Waals surface area contributed by atoms with Gasteiger partial charge in [0.25, 0.3) is 0 Å². The Balaban J connectivity index is 1.39. The Morgan fingerprint density at radius 2 is 1.82 bits per heavy atom. The number of hydrogen-bond acceptors (Lipinski definition) is 6. The average molecular weight is 557 g/mol. The molecule has 38 heavy (non-hydrogen) atoms. The number of nitrogens with zero attached hydrogens (tertiary/aromatic N) is 4. The number of aromatic nitrogens is 2. The van der Waals surface area contributed by atoms with Crippen LogP contribution < -0.4 is 4.90 Å². The molecular formula is C27H26F2N4O3S2. The lowest BCUT2D eigenvalue weighted by Gasteiger charge is -2.33. The molecule has 2 aromatic carbocycles. The first-order chi connectivity index (χ1) is 18.1. The van der Waals surface area contributed by atoms with Crippen LogP contribution in [0.1, 0.15) is 29.7 Å². The molecule has 0 unspecified atom stereocenters. The Morgan fingerprint density at radius 3 is 2.50 bits per heavy atom. The van der Waals surface area contributed by atoms with Gasteiger partial charge in [-0.3, -0.25) is 14.7 Å². The van der Waals surface area contributed by atoms with Crippen molar-refractivity contribution in [3.63, 3.8) is 0 Å². The van der Waals surface area contributed by atoms with E-state index in [1.807, 2.05) is 32.0 Å². The monoisotopic (exact) mass is 556 g/mol. The number of benzene rings is 2. The quantitative estimate of drug-likeness (QED) is 0.325. The zero-order valence-electron chi connectivity index (χ0n) is 20.9. The average Bonchev–Trinajstić information content (AvgIpc) is 3.29. The van der Waals surface area contributed by atoms with Gasteiger partial charge in [0, 0.05) is 31.3 Å². The maximum absolute atomic E-state index is 14.2. The van der Waals surface area contributed by atoms with Crippen LogP contribution in [-0.4, -0.2) is 41.7 Å². The molecule has 11 heteroatoms. The highest BCUT2D eigenvalue weighted by atomic mass is 32.2. The molecule has 0 aliphatic carbocycles. The lowest BCUT2D eigenvalue weighted by Crippen LogP contribution is -2.44. The van der Waals surface area contributed by atoms with Crippen LogP contribution in [0.4, 0.5) is 13.9 Å². The molecule has 4 aromatic rings. The smallest absolute Gasteiger partial charge is 0.245 e. The van der Waals surface area contributed by atoms with Gasteiger partial charge in [0.15, 0.2) is 5.13 Å². The Bertz CT molecular complexity index is 1560. The maximum Gasteiger partial charge on any atom is 0.245 e. The normalized spacial score (nSPS) is 15.2. The molecule has 0 atom stereocenters. The maximum atomic E-state index is 14.2. The number of carbonyl (C=O) groups is 1. The third-order valence-electron chi connectivity index (χ3n) is 6.85. The summed E-state index contributed by atoms with van der Waals surface area (Å²) in [7, 11) is -4.16. The summed E-state index contributed by atoms with van der Waals surface area (Å²) in [5, 5.41) is 0.559. The van der Waals surface area contributed by atoms with E-state index in [0.29, 0.717) is 16.9 Å². The van der Waals surface area contributed by atoms with Crippen LogP contribution in [0.5, 0.6) is 0 Å². The lowest BCUT2D eigenvalue weighted by molar-refractivity contribution is -0.123. The van der Waals surface area contributed by atoms with Crippen molar-refractivity contribution >= 4 is 42.6 Å². The van der Waals surface area contributed by atoms with Gasteiger partial charge >= 0.3 is 0 Å². The summed E-state index contributed by atoms with van der Waals surface area (Å²) >= 11 is 1.43. The predicted octanol–water partition coefficient (Wildman–Crippen LogP) is 5.22. The van der Waals surface area contributed by atoms with E-state index in [-0.39, 0.29) is 38.4 Å². The Kier molecular flexibility index (Phi) is 7.26. The van der Waals surface area contributed by atoms with Crippen LogP contribution in [0.15, 0.2) is 59.6 Å². The summed E-state index contributed by atoms with van der Waals surface area (Å²) in [5.41, 5.74) is 3.78. The number of pyridine rings is 1. The molecule has 1 aliphatic heterocycles. The SMILES string of the molecule is Cc1cc2nc(N(Cc3ccccn3)C(=O)C3CCN(S(=O)(=O)c4ccc(F)cc4F)CC3)sc2cc1C. The topological polar surface area (TPSA) is 83.5 Å². The number of aryl methyl sites for hydroxylation is 2. The van der Waals surface area contributed by atoms with Crippen molar-refractivity contribution in [2.24, 2.45) is 5.92 Å². The van der Waals surface area contributed by atoms with Gasteiger partial charge in [0.05, 0.1) is 22.5 Å². The molecule has 1 amide bonds. The fraction of sp³-hybridized carbons (Fsp3) is 0.296. The molecule has 198 valence electrons. The second-order valence-corrected chi connectivity index (χ2v) is 12.3. The number of thiazole rings is 1. The van der Waals surface area contributed by atoms with E-state index in [1.54, 1.807) is 17.2 Å². The lowest BCUT2D eigenvalue weighted by atomic mass is 9.96. The first-order valence-corrected chi connectivity index (χ1v) is 14.4. The molecule has 2 aromatic heterocycles. The number of carbonyl (C=O) groups excluding carboxylic acids is 1. The van der Waals surface area contributed by atoms with Crippen LogP contribution in [0.25, 0.3) is 10.2 Å². The van der Waals surface area contributed by atoms with Crippen molar-refractivity contribution in [3.05, 3.63) is 83.2 Å². The minimum Gasteiger partial charge on any atom is -0.282 e. The molecule has 0 radical (unpaired) electrons. The zero-order valence-corrected chi connectivity index (χ0v) is 22.5. The highest BCUT2D eigenvalue weighted by molar-refractivity contribution is 7.89. The first kappa shape index (κ1) is 26.3. The third kappa shape index (κ3) is 5.18. The molecule has 5 rings (SSSR count). The second kappa shape index (κ2) is 10.5. The number of hydrogen-bond donors (Lipinski definition) is 0. The van der Waals surface area contributed by atoms with E-state index in [9.17, 15) is 22.0 Å². The number of piperidine rings is 1. The molecule has 1 aliphatic rings. The molecule has 7 nitrogen and oxygen atoms in total. The minimum absolute atomic E-state index is 0.0468. The van der Waals surface area contributed by atoms with E-state index in [4.69, 9.17) is 4.98 Å². The molecule has 0 bridgehead atoms. The Morgan fingerprint density at radius 1 is 1.08 bits per heavy atom. The standard InChI is InChI=1S/C27H26F2N4O3S2/c1-17-13-23-24(14-18(17)2)37-27(31-23)33(16-21-5-3-4-10-30-21)26(34)19-8-11-32(12-9-19)38(35,36)25-7-6-20(28)15-22(25)29/h3-7,10,13-15,19H,8-9,11-12,16H2,1-2H3.